The van der Waals surface area contributed by atoms with Crippen molar-refractivity contribution in [1.29, 1.82) is 0 Å². The van der Waals surface area contributed by atoms with Crippen LogP contribution in [0.25, 0.3) is 10.9 Å². The van der Waals surface area contributed by atoms with E-state index in [0.717, 1.165) is 16.5 Å². The first-order valence-electron chi connectivity index (χ1n) is 10.7. The van der Waals surface area contributed by atoms with E-state index in [1.54, 1.807) is 20.0 Å². The summed E-state index contributed by atoms with van der Waals surface area (Å²) in [6, 6.07) is 3.95. The van der Waals surface area contributed by atoms with Crippen LogP contribution in [0.3, 0.4) is 0 Å². The molecule has 0 spiro atoms. The average Bonchev–Trinajstić information content (AvgIpc) is 3.18. The van der Waals surface area contributed by atoms with E-state index in [1.807, 2.05) is 24.3 Å². The van der Waals surface area contributed by atoms with E-state index in [-0.39, 0.29) is 12.3 Å². The van der Waals surface area contributed by atoms with Gasteiger partial charge in [0.15, 0.2) is 0 Å². The Morgan fingerprint density at radius 3 is 2.26 bits per heavy atom. The van der Waals surface area contributed by atoms with Crippen LogP contribution in [-0.2, 0) is 30.4 Å². The van der Waals surface area contributed by atoms with Gasteiger partial charge in [0.25, 0.3) is 0 Å². The number of carbonyl (C=O) groups excluding carboxylic acids is 4. The molecule has 0 aliphatic rings. The minimum atomic E-state index is -1.43. The molecule has 0 bridgehead atoms. The number of hydrogen-bond acceptors (Lipinski definition) is 6. The number of carboxylic acid groups (broad SMARTS) is 1. The van der Waals surface area contributed by atoms with Gasteiger partial charge in [0, 0.05) is 23.5 Å². The van der Waals surface area contributed by atoms with Crippen molar-refractivity contribution in [3.8, 4) is 0 Å². The van der Waals surface area contributed by atoms with Gasteiger partial charge in [0.2, 0.25) is 23.6 Å². The Bertz CT molecular complexity index is 1070. The molecule has 0 aliphatic heterocycles. The number of primary amides is 1. The summed E-state index contributed by atoms with van der Waals surface area (Å²) in [5, 5.41) is 16.7. The van der Waals surface area contributed by atoms with Crippen LogP contribution in [-0.4, -0.2) is 64.4 Å². The highest BCUT2D eigenvalue weighted by Crippen LogP contribution is 2.19. The Balaban J connectivity index is 2.28. The van der Waals surface area contributed by atoms with Gasteiger partial charge in [-0.15, -0.1) is 0 Å². The van der Waals surface area contributed by atoms with Crippen molar-refractivity contribution in [2.24, 2.45) is 17.4 Å². The lowest BCUT2D eigenvalue weighted by atomic mass is 10.0. The zero-order valence-electron chi connectivity index (χ0n) is 19.0. The molecule has 0 radical (unpaired) electrons. The second kappa shape index (κ2) is 11.8. The van der Waals surface area contributed by atoms with Gasteiger partial charge in [0.1, 0.15) is 18.6 Å². The van der Waals surface area contributed by atoms with Gasteiger partial charge < -0.3 is 37.5 Å². The molecule has 3 atom stereocenters. The number of carboxylic acids is 1. The number of fused-ring (bicyclic) bond motifs is 1. The van der Waals surface area contributed by atoms with Crippen molar-refractivity contribution in [2.45, 2.75) is 44.8 Å². The van der Waals surface area contributed by atoms with E-state index in [0.29, 0.717) is 0 Å². The van der Waals surface area contributed by atoms with Gasteiger partial charge in [-0.2, -0.15) is 0 Å². The SMILES string of the molecule is CC(C)C(N)C(=O)NC(Cc1c[nH]c2ccccc12)C(=O)NC(CC(N)=O)C(=O)NCC(=O)O. The molecule has 34 heavy (non-hydrogen) atoms. The highest BCUT2D eigenvalue weighted by atomic mass is 16.4. The van der Waals surface area contributed by atoms with Crippen LogP contribution >= 0.6 is 0 Å². The molecule has 2 rings (SSSR count). The summed E-state index contributed by atoms with van der Waals surface area (Å²) in [7, 11) is 0. The minimum absolute atomic E-state index is 0.0619. The van der Waals surface area contributed by atoms with Crippen LogP contribution in [0.4, 0.5) is 0 Å². The standard InChI is InChI=1S/C22H30N6O6/c1-11(2)19(24)22(34)28-15(7-12-9-25-14-6-4-3-5-13(12)14)21(33)27-16(8-17(23)29)20(32)26-10-18(30)31/h3-6,9,11,15-16,19,25H,7-8,10,24H2,1-2H3,(H2,23,29)(H,26,32)(H,27,33)(H,28,34)(H,30,31). The molecule has 4 amide bonds. The molecule has 12 heteroatoms. The van der Waals surface area contributed by atoms with Crippen LogP contribution in [0, 0.1) is 5.92 Å². The lowest BCUT2D eigenvalue weighted by Crippen LogP contribution is -2.57. The van der Waals surface area contributed by atoms with Gasteiger partial charge in [-0.1, -0.05) is 32.0 Å². The summed E-state index contributed by atoms with van der Waals surface area (Å²) in [6.45, 7) is 2.81. The van der Waals surface area contributed by atoms with Gasteiger partial charge >= 0.3 is 5.97 Å². The lowest BCUT2D eigenvalue weighted by Gasteiger charge is -2.24. The van der Waals surface area contributed by atoms with E-state index < -0.39 is 60.7 Å². The zero-order chi connectivity index (χ0) is 25.4. The summed E-state index contributed by atoms with van der Waals surface area (Å²) in [6.07, 6.45) is 1.21. The van der Waals surface area contributed by atoms with Crippen LogP contribution in [0.2, 0.25) is 0 Å². The molecule has 2 aromatic rings. The van der Waals surface area contributed by atoms with Crippen molar-refractivity contribution in [3.05, 3.63) is 36.0 Å². The molecule has 0 saturated carbocycles. The number of nitrogens with two attached hydrogens (primary N) is 2. The topological polar surface area (TPSA) is 209 Å². The quantitative estimate of drug-likeness (QED) is 0.198. The molecule has 1 aromatic carbocycles. The van der Waals surface area contributed by atoms with Crippen molar-refractivity contribution in [3.63, 3.8) is 0 Å². The van der Waals surface area contributed by atoms with Crippen LogP contribution in [0.5, 0.6) is 0 Å². The number of hydrogen-bond donors (Lipinski definition) is 7. The van der Waals surface area contributed by atoms with Crippen LogP contribution < -0.4 is 27.4 Å². The van der Waals surface area contributed by atoms with E-state index in [1.165, 1.54) is 0 Å². The van der Waals surface area contributed by atoms with Crippen LogP contribution in [0.15, 0.2) is 30.5 Å². The number of aromatic amines is 1. The molecule has 1 heterocycles. The van der Waals surface area contributed by atoms with Gasteiger partial charge in [-0.3, -0.25) is 24.0 Å². The predicted octanol–water partition coefficient (Wildman–Crippen LogP) is -1.26. The molecule has 184 valence electrons. The highest BCUT2D eigenvalue weighted by molar-refractivity contribution is 5.96. The first kappa shape index (κ1) is 26.3. The Kier molecular flexibility index (Phi) is 9.13. The number of amides is 4. The first-order chi connectivity index (χ1) is 16.0. The fourth-order valence-electron chi connectivity index (χ4n) is 3.27. The smallest absolute Gasteiger partial charge is 0.322 e. The highest BCUT2D eigenvalue weighted by Gasteiger charge is 2.30. The monoisotopic (exact) mass is 474 g/mol. The average molecular weight is 475 g/mol. The number of aliphatic carboxylic acids is 1. The maximum Gasteiger partial charge on any atom is 0.322 e. The minimum Gasteiger partial charge on any atom is -0.480 e. The molecule has 1 aromatic heterocycles. The van der Waals surface area contributed by atoms with Crippen LogP contribution in [0.1, 0.15) is 25.8 Å². The number of benzene rings is 1. The molecular weight excluding hydrogens is 444 g/mol. The number of carbonyl (C=O) groups is 5. The third-order valence-electron chi connectivity index (χ3n) is 5.21. The van der Waals surface area contributed by atoms with Gasteiger partial charge in [0.05, 0.1) is 12.5 Å². The molecule has 3 unspecified atom stereocenters. The van der Waals surface area contributed by atoms with Gasteiger partial charge in [-0.05, 0) is 17.5 Å². The summed E-state index contributed by atoms with van der Waals surface area (Å²) >= 11 is 0. The van der Waals surface area contributed by atoms with Gasteiger partial charge in [-0.25, -0.2) is 0 Å². The largest absolute Gasteiger partial charge is 0.480 e. The Hall–Kier alpha value is -3.93. The van der Waals surface area contributed by atoms with Crippen molar-refractivity contribution in [2.75, 3.05) is 6.54 Å². The Morgan fingerprint density at radius 2 is 1.65 bits per heavy atom. The molecule has 0 saturated heterocycles. The summed E-state index contributed by atoms with van der Waals surface area (Å²) < 4.78 is 0. The van der Waals surface area contributed by atoms with Crippen molar-refractivity contribution < 1.29 is 29.1 Å². The van der Waals surface area contributed by atoms with E-state index >= 15 is 0 Å². The normalized spacial score (nSPS) is 13.6. The molecule has 12 nitrogen and oxygen atoms in total. The number of H-pyrrole nitrogens is 1. The molecule has 0 aliphatic carbocycles. The zero-order valence-corrected chi connectivity index (χ0v) is 19.0. The summed E-state index contributed by atoms with van der Waals surface area (Å²) in [5.74, 6) is -4.59. The summed E-state index contributed by atoms with van der Waals surface area (Å²) in [4.78, 5) is 63.4. The second-order valence-corrected chi connectivity index (χ2v) is 8.24. The number of nitrogens with one attached hydrogen (secondary N) is 4. The van der Waals surface area contributed by atoms with Crippen molar-refractivity contribution >= 4 is 40.5 Å². The van der Waals surface area contributed by atoms with E-state index in [2.05, 4.69) is 20.9 Å². The molecule has 0 fully saturated rings. The molecule has 9 N–H and O–H groups in total. The third-order valence-corrected chi connectivity index (χ3v) is 5.21. The third kappa shape index (κ3) is 7.30. The van der Waals surface area contributed by atoms with E-state index in [9.17, 15) is 24.0 Å². The second-order valence-electron chi connectivity index (χ2n) is 8.24. The number of rotatable bonds is 12. The maximum atomic E-state index is 13.1. The molecular formula is C22H30N6O6. The Labute approximate surface area is 195 Å². The fraction of sp³-hybridized carbons (Fsp3) is 0.409. The number of para-hydroxylation sites is 1. The van der Waals surface area contributed by atoms with Crippen molar-refractivity contribution in [1.82, 2.24) is 20.9 Å². The number of aromatic nitrogens is 1. The lowest BCUT2D eigenvalue weighted by molar-refractivity contribution is -0.138. The maximum absolute atomic E-state index is 13.1. The Morgan fingerprint density at radius 1 is 1.00 bits per heavy atom. The summed E-state index contributed by atoms with van der Waals surface area (Å²) in [5.41, 5.74) is 12.7. The fourth-order valence-corrected chi connectivity index (χ4v) is 3.27. The van der Waals surface area contributed by atoms with E-state index in [4.69, 9.17) is 16.6 Å². The predicted molar refractivity (Wildman–Crippen MR) is 123 cm³/mol. The first-order valence-corrected chi connectivity index (χ1v) is 10.7.